The Balaban J connectivity index is 1.63. The van der Waals surface area contributed by atoms with Crippen LogP contribution in [0.1, 0.15) is 35.4 Å². The molecule has 2 aromatic heterocycles. The van der Waals surface area contributed by atoms with Gasteiger partial charge in [-0.25, -0.2) is 18.7 Å². The minimum atomic E-state index is -0.630. The largest absolute Gasteiger partial charge is 0.383 e. The van der Waals surface area contributed by atoms with Crippen molar-refractivity contribution in [1.82, 2.24) is 19.4 Å². The Kier molecular flexibility index (Phi) is 6.71. The number of hydrogen-bond donors (Lipinski definition) is 1. The second kappa shape index (κ2) is 10.1. The number of hydrogen-bond acceptors (Lipinski definition) is 5. The Morgan fingerprint density at radius 3 is 2.74 bits per heavy atom. The third kappa shape index (κ3) is 4.89. The predicted molar refractivity (Wildman–Crippen MR) is 146 cm³/mol. The maximum absolute atomic E-state index is 15.1. The van der Waals surface area contributed by atoms with E-state index in [1.54, 1.807) is 20.0 Å². The maximum atomic E-state index is 15.1. The zero-order valence-electron chi connectivity index (χ0n) is 21.5. The molecule has 0 unspecified atom stereocenters. The Bertz CT molecular complexity index is 1780. The lowest BCUT2D eigenvalue weighted by Crippen LogP contribution is -2.24. The number of aromatic nitrogens is 3. The maximum Gasteiger partial charge on any atom is 0.265 e. The van der Waals surface area contributed by atoms with Crippen molar-refractivity contribution in [2.45, 2.75) is 25.7 Å². The SMILES string of the molecule is C=CC(=O)N(C)CC#Cc1c(N)ncnc1-c1cc(F)cc(-n2ccc3cc(C4CC4)cc(F)c3c2=O)c1C. The Morgan fingerprint density at radius 2 is 2.03 bits per heavy atom. The molecular weight excluding hydrogens is 500 g/mol. The molecule has 196 valence electrons. The van der Waals surface area contributed by atoms with Crippen LogP contribution in [0.15, 0.2) is 60.3 Å². The number of likely N-dealkylation sites (N-methyl/N-ethyl adjacent to an activating group) is 1. The van der Waals surface area contributed by atoms with Gasteiger partial charge in [-0.15, -0.1) is 0 Å². The standard InChI is InChI=1S/C30H25F2N5O2/c1-4-26(38)36(3)10-5-6-22-28(34-16-35-29(22)33)23-14-21(31)15-25(17(23)2)37-11-9-19-12-20(18-7-8-18)13-24(32)27(19)30(37)39/h4,9,11-16,18H,1,7-8,10H2,2-3H3,(H2,33,34,35). The van der Waals surface area contributed by atoms with Gasteiger partial charge in [0.25, 0.3) is 5.56 Å². The number of rotatable bonds is 5. The third-order valence-corrected chi connectivity index (χ3v) is 6.84. The van der Waals surface area contributed by atoms with Crippen molar-refractivity contribution in [1.29, 1.82) is 0 Å². The van der Waals surface area contributed by atoms with Crippen molar-refractivity contribution in [3.63, 3.8) is 0 Å². The summed E-state index contributed by atoms with van der Waals surface area (Å²) < 4.78 is 31.3. The van der Waals surface area contributed by atoms with E-state index in [1.807, 2.05) is 6.07 Å². The molecule has 2 aromatic carbocycles. The highest BCUT2D eigenvalue weighted by Gasteiger charge is 2.25. The van der Waals surface area contributed by atoms with Gasteiger partial charge in [-0.2, -0.15) is 0 Å². The number of anilines is 1. The molecule has 0 aliphatic heterocycles. The number of nitrogens with zero attached hydrogens (tertiary/aromatic N) is 4. The summed E-state index contributed by atoms with van der Waals surface area (Å²) >= 11 is 0. The first-order valence-electron chi connectivity index (χ1n) is 12.3. The third-order valence-electron chi connectivity index (χ3n) is 6.84. The Morgan fingerprint density at radius 1 is 1.26 bits per heavy atom. The molecule has 2 heterocycles. The molecule has 1 aliphatic carbocycles. The van der Waals surface area contributed by atoms with E-state index < -0.39 is 17.2 Å². The van der Waals surface area contributed by atoms with Crippen LogP contribution in [-0.2, 0) is 4.79 Å². The van der Waals surface area contributed by atoms with E-state index in [2.05, 4.69) is 28.4 Å². The topological polar surface area (TPSA) is 94.1 Å². The lowest BCUT2D eigenvalue weighted by Gasteiger charge is -2.16. The van der Waals surface area contributed by atoms with Crippen LogP contribution >= 0.6 is 0 Å². The number of nitrogen functional groups attached to an aromatic ring is 1. The van der Waals surface area contributed by atoms with E-state index in [0.717, 1.165) is 18.4 Å². The Labute approximate surface area is 223 Å². The van der Waals surface area contributed by atoms with Crippen molar-refractivity contribution in [2.24, 2.45) is 0 Å². The molecule has 4 aromatic rings. The fourth-order valence-corrected chi connectivity index (χ4v) is 4.56. The molecule has 0 spiro atoms. The van der Waals surface area contributed by atoms with Crippen LogP contribution in [0, 0.1) is 30.4 Å². The molecule has 1 fully saturated rings. The number of carbonyl (C=O) groups excluding carboxylic acids is 1. The summed E-state index contributed by atoms with van der Waals surface area (Å²) in [5, 5.41) is 0.455. The van der Waals surface area contributed by atoms with Gasteiger partial charge in [-0.05, 0) is 72.5 Å². The van der Waals surface area contributed by atoms with Crippen molar-refractivity contribution in [2.75, 3.05) is 19.3 Å². The van der Waals surface area contributed by atoms with Gasteiger partial charge in [0, 0.05) is 18.8 Å². The van der Waals surface area contributed by atoms with E-state index >= 15 is 8.78 Å². The molecule has 5 rings (SSSR count). The van der Waals surface area contributed by atoms with E-state index in [4.69, 9.17) is 5.73 Å². The number of amides is 1. The lowest BCUT2D eigenvalue weighted by atomic mass is 9.99. The van der Waals surface area contributed by atoms with Crippen LogP contribution in [0.3, 0.4) is 0 Å². The number of halogens is 2. The van der Waals surface area contributed by atoms with Crippen molar-refractivity contribution in [3.8, 4) is 28.8 Å². The molecule has 1 amide bonds. The lowest BCUT2D eigenvalue weighted by molar-refractivity contribution is -0.124. The highest BCUT2D eigenvalue weighted by molar-refractivity contribution is 5.87. The quantitative estimate of drug-likeness (QED) is 0.306. The van der Waals surface area contributed by atoms with Crippen molar-refractivity contribution in [3.05, 3.63) is 94.2 Å². The zero-order valence-corrected chi connectivity index (χ0v) is 21.5. The highest BCUT2D eigenvalue weighted by Crippen LogP contribution is 2.41. The summed E-state index contributed by atoms with van der Waals surface area (Å²) in [6, 6.07) is 7.42. The second-order valence-corrected chi connectivity index (χ2v) is 9.51. The summed E-state index contributed by atoms with van der Waals surface area (Å²) in [7, 11) is 1.57. The van der Waals surface area contributed by atoms with Gasteiger partial charge < -0.3 is 10.6 Å². The fourth-order valence-electron chi connectivity index (χ4n) is 4.56. The van der Waals surface area contributed by atoms with Crippen molar-refractivity contribution >= 4 is 22.5 Å². The van der Waals surface area contributed by atoms with Crippen LogP contribution in [-0.4, -0.2) is 38.9 Å². The molecule has 7 nitrogen and oxygen atoms in total. The molecule has 1 saturated carbocycles. The average molecular weight is 526 g/mol. The van der Waals surface area contributed by atoms with Gasteiger partial charge in [0.2, 0.25) is 5.91 Å². The summed E-state index contributed by atoms with van der Waals surface area (Å²) in [4.78, 5) is 34.9. The first-order valence-corrected chi connectivity index (χ1v) is 12.3. The van der Waals surface area contributed by atoms with Crippen molar-refractivity contribution < 1.29 is 13.6 Å². The number of nitrogens with two attached hydrogens (primary N) is 1. The smallest absolute Gasteiger partial charge is 0.265 e. The van der Waals surface area contributed by atoms with Gasteiger partial charge in [0.15, 0.2) is 0 Å². The molecule has 1 aliphatic rings. The number of benzene rings is 2. The fraction of sp³-hybridized carbons (Fsp3) is 0.200. The van der Waals surface area contributed by atoms with Crippen LogP contribution in [0.25, 0.3) is 27.7 Å². The summed E-state index contributed by atoms with van der Waals surface area (Å²) in [5.74, 6) is 4.63. The molecule has 0 atom stereocenters. The summed E-state index contributed by atoms with van der Waals surface area (Å²) in [6.07, 6.45) is 5.96. The number of carbonyl (C=O) groups is 1. The van der Waals surface area contributed by atoms with Crippen LogP contribution in [0.5, 0.6) is 0 Å². The molecular formula is C30H25F2N5O2. The number of fused-ring (bicyclic) bond motifs is 1. The first-order chi connectivity index (χ1) is 18.7. The van der Waals surface area contributed by atoms with Gasteiger partial charge >= 0.3 is 0 Å². The minimum absolute atomic E-state index is 0.0526. The Hall–Kier alpha value is -4.84. The van der Waals surface area contributed by atoms with Gasteiger partial charge in [0.1, 0.15) is 23.8 Å². The second-order valence-electron chi connectivity index (χ2n) is 9.51. The molecule has 0 bridgehead atoms. The van der Waals surface area contributed by atoms with E-state index in [0.29, 0.717) is 22.4 Å². The molecule has 39 heavy (non-hydrogen) atoms. The van der Waals surface area contributed by atoms with E-state index in [-0.39, 0.29) is 40.6 Å². The zero-order chi connectivity index (χ0) is 27.8. The van der Waals surface area contributed by atoms with Crippen LogP contribution in [0.2, 0.25) is 0 Å². The van der Waals surface area contributed by atoms with Crippen LogP contribution in [0.4, 0.5) is 14.6 Å². The van der Waals surface area contributed by atoms with Gasteiger partial charge in [-0.1, -0.05) is 24.5 Å². The van der Waals surface area contributed by atoms with Crippen LogP contribution < -0.4 is 11.3 Å². The summed E-state index contributed by atoms with van der Waals surface area (Å²) in [6.45, 7) is 5.25. The van der Waals surface area contributed by atoms with Gasteiger partial charge in [0.05, 0.1) is 28.9 Å². The predicted octanol–water partition coefficient (Wildman–Crippen LogP) is 4.49. The first kappa shape index (κ1) is 25.8. The molecule has 9 heteroatoms. The number of pyridine rings is 1. The summed E-state index contributed by atoms with van der Waals surface area (Å²) in [5.41, 5.74) is 7.99. The molecule has 2 N–H and O–H groups in total. The average Bonchev–Trinajstić information content (AvgIpc) is 3.76. The van der Waals surface area contributed by atoms with Gasteiger partial charge in [-0.3, -0.25) is 14.2 Å². The minimum Gasteiger partial charge on any atom is -0.383 e. The normalized spacial score (nSPS) is 12.6. The monoisotopic (exact) mass is 525 g/mol. The molecule has 0 radical (unpaired) electrons. The molecule has 0 saturated heterocycles. The van der Waals surface area contributed by atoms with E-state index in [1.165, 1.54) is 46.3 Å². The highest BCUT2D eigenvalue weighted by atomic mass is 19.1. The van der Waals surface area contributed by atoms with E-state index in [9.17, 15) is 9.59 Å².